The molecule has 0 aromatic heterocycles. The van der Waals surface area contributed by atoms with Gasteiger partial charge in [0.05, 0.1) is 6.61 Å². The van der Waals surface area contributed by atoms with E-state index in [9.17, 15) is 4.79 Å². The summed E-state index contributed by atoms with van der Waals surface area (Å²) >= 11 is 0. The summed E-state index contributed by atoms with van der Waals surface area (Å²) in [7, 11) is 0. The van der Waals surface area contributed by atoms with Crippen molar-refractivity contribution in [3.8, 4) is 0 Å². The van der Waals surface area contributed by atoms with Crippen LogP contribution < -0.4 is 5.73 Å². The van der Waals surface area contributed by atoms with Gasteiger partial charge in [0.15, 0.2) is 0 Å². The fourth-order valence-electron chi connectivity index (χ4n) is 1.83. The molecule has 0 bridgehead atoms. The van der Waals surface area contributed by atoms with Crippen LogP contribution in [0.25, 0.3) is 0 Å². The number of nitrogens with two attached hydrogens (primary N) is 1. The summed E-state index contributed by atoms with van der Waals surface area (Å²) in [4.78, 5) is 15.7. The molecule has 1 rings (SSSR count). The molecule has 0 saturated carbocycles. The van der Waals surface area contributed by atoms with Gasteiger partial charge < -0.3 is 20.5 Å². The number of ether oxygens (including phenoxy) is 1. The third kappa shape index (κ3) is 5.20. The summed E-state index contributed by atoms with van der Waals surface area (Å²) in [5.41, 5.74) is 5.23. The van der Waals surface area contributed by atoms with Crippen molar-refractivity contribution in [3.05, 3.63) is 0 Å². The molecule has 106 valence electrons. The Balaban J connectivity index is 2.33. The lowest BCUT2D eigenvalue weighted by Gasteiger charge is -2.36. The number of piperazine rings is 1. The average Bonchev–Trinajstić information content (AvgIpc) is 2.27. The van der Waals surface area contributed by atoms with Crippen LogP contribution in [0.4, 0.5) is 4.79 Å². The minimum atomic E-state index is -0.451. The van der Waals surface area contributed by atoms with Gasteiger partial charge in [-0.2, -0.15) is 0 Å². The molecule has 1 saturated heterocycles. The van der Waals surface area contributed by atoms with Crippen molar-refractivity contribution < 1.29 is 14.6 Å². The van der Waals surface area contributed by atoms with Crippen LogP contribution in [0.3, 0.4) is 0 Å². The fraction of sp³-hybridized carbons (Fsp3) is 0.917. The Morgan fingerprint density at radius 3 is 2.33 bits per heavy atom. The molecule has 1 aliphatic heterocycles. The Labute approximate surface area is 109 Å². The molecule has 0 aromatic rings. The second-order valence-electron chi connectivity index (χ2n) is 5.71. The molecule has 1 atom stereocenters. The standard InChI is InChI=1S/C12H25N3O3/c1-12(2,3)18-11(17)15-6-4-14(5-7-15)8-10(13)9-16/h10,16H,4-9,13H2,1-3H3. The Morgan fingerprint density at radius 2 is 1.89 bits per heavy atom. The third-order valence-corrected chi connectivity index (χ3v) is 2.75. The highest BCUT2D eigenvalue weighted by molar-refractivity contribution is 5.68. The topological polar surface area (TPSA) is 79.0 Å². The number of rotatable bonds is 3. The quantitative estimate of drug-likeness (QED) is 0.737. The first kappa shape index (κ1) is 15.2. The first-order valence-electron chi connectivity index (χ1n) is 6.38. The summed E-state index contributed by atoms with van der Waals surface area (Å²) in [6.07, 6.45) is -0.256. The Kier molecular flexibility index (Phi) is 5.37. The molecule has 0 aliphatic carbocycles. The van der Waals surface area contributed by atoms with E-state index in [1.807, 2.05) is 20.8 Å². The molecule has 18 heavy (non-hydrogen) atoms. The van der Waals surface area contributed by atoms with Gasteiger partial charge in [-0.3, -0.25) is 4.90 Å². The first-order chi connectivity index (χ1) is 8.31. The second-order valence-corrected chi connectivity index (χ2v) is 5.71. The number of amides is 1. The van der Waals surface area contributed by atoms with E-state index in [-0.39, 0.29) is 18.7 Å². The number of carbonyl (C=O) groups is 1. The van der Waals surface area contributed by atoms with Crippen molar-refractivity contribution in [2.24, 2.45) is 5.73 Å². The second kappa shape index (κ2) is 6.36. The van der Waals surface area contributed by atoms with E-state index < -0.39 is 5.60 Å². The van der Waals surface area contributed by atoms with Gasteiger partial charge >= 0.3 is 6.09 Å². The molecule has 1 unspecified atom stereocenters. The monoisotopic (exact) mass is 259 g/mol. The maximum absolute atomic E-state index is 11.8. The number of hydrogen-bond acceptors (Lipinski definition) is 5. The summed E-state index contributed by atoms with van der Waals surface area (Å²) in [6.45, 7) is 9.08. The third-order valence-electron chi connectivity index (χ3n) is 2.75. The van der Waals surface area contributed by atoms with Gasteiger partial charge in [-0.15, -0.1) is 0 Å². The molecule has 1 aliphatic rings. The highest BCUT2D eigenvalue weighted by Gasteiger charge is 2.26. The van der Waals surface area contributed by atoms with Gasteiger partial charge in [-0.05, 0) is 20.8 Å². The lowest BCUT2D eigenvalue weighted by molar-refractivity contribution is 0.0136. The molecular weight excluding hydrogens is 234 g/mol. The molecule has 1 heterocycles. The SMILES string of the molecule is CC(C)(C)OC(=O)N1CCN(CC(N)CO)CC1. The van der Waals surface area contributed by atoms with Crippen LogP contribution >= 0.6 is 0 Å². The Bertz CT molecular complexity index is 270. The van der Waals surface area contributed by atoms with E-state index in [0.29, 0.717) is 19.6 Å². The zero-order valence-electron chi connectivity index (χ0n) is 11.6. The van der Waals surface area contributed by atoms with E-state index in [4.69, 9.17) is 15.6 Å². The molecule has 3 N–H and O–H groups in total. The summed E-state index contributed by atoms with van der Waals surface area (Å²) in [6, 6.07) is -0.210. The first-order valence-corrected chi connectivity index (χ1v) is 6.38. The maximum atomic E-state index is 11.8. The van der Waals surface area contributed by atoms with E-state index >= 15 is 0 Å². The predicted octanol–water partition coefficient (Wildman–Crippen LogP) is -0.141. The van der Waals surface area contributed by atoms with Crippen LogP contribution in [0.2, 0.25) is 0 Å². The van der Waals surface area contributed by atoms with Gasteiger partial charge in [-0.25, -0.2) is 4.79 Å². The molecule has 6 nitrogen and oxygen atoms in total. The number of aliphatic hydroxyl groups excluding tert-OH is 1. The van der Waals surface area contributed by atoms with Gasteiger partial charge in [0, 0.05) is 38.8 Å². The van der Waals surface area contributed by atoms with Crippen molar-refractivity contribution in [1.82, 2.24) is 9.80 Å². The minimum absolute atomic E-state index is 0.00766. The minimum Gasteiger partial charge on any atom is -0.444 e. The van der Waals surface area contributed by atoms with Crippen LogP contribution in [0.5, 0.6) is 0 Å². The zero-order chi connectivity index (χ0) is 13.8. The normalized spacial score (nSPS) is 19.7. The van der Waals surface area contributed by atoms with Crippen LogP contribution in [0.15, 0.2) is 0 Å². The molecule has 0 aromatic carbocycles. The fourth-order valence-corrected chi connectivity index (χ4v) is 1.83. The molecular formula is C12H25N3O3. The Hall–Kier alpha value is -0.850. The van der Waals surface area contributed by atoms with Crippen LogP contribution in [-0.2, 0) is 4.74 Å². The molecule has 1 fully saturated rings. The lowest BCUT2D eigenvalue weighted by atomic mass is 10.2. The highest BCUT2D eigenvalue weighted by Crippen LogP contribution is 2.11. The lowest BCUT2D eigenvalue weighted by Crippen LogP contribution is -2.52. The number of aliphatic hydroxyl groups is 1. The van der Waals surface area contributed by atoms with Crippen molar-refractivity contribution in [2.45, 2.75) is 32.4 Å². The highest BCUT2D eigenvalue weighted by atomic mass is 16.6. The zero-order valence-corrected chi connectivity index (χ0v) is 11.6. The van der Waals surface area contributed by atoms with Gasteiger partial charge in [0.25, 0.3) is 0 Å². The van der Waals surface area contributed by atoms with Crippen molar-refractivity contribution in [2.75, 3.05) is 39.3 Å². The summed E-state index contributed by atoms with van der Waals surface area (Å²) in [5, 5.41) is 8.90. The average molecular weight is 259 g/mol. The van der Waals surface area contributed by atoms with Crippen molar-refractivity contribution in [1.29, 1.82) is 0 Å². The van der Waals surface area contributed by atoms with Crippen LogP contribution in [0, 0.1) is 0 Å². The smallest absolute Gasteiger partial charge is 0.410 e. The number of nitrogens with zero attached hydrogens (tertiary/aromatic N) is 2. The van der Waals surface area contributed by atoms with E-state index in [1.165, 1.54) is 0 Å². The van der Waals surface area contributed by atoms with Crippen molar-refractivity contribution in [3.63, 3.8) is 0 Å². The predicted molar refractivity (Wildman–Crippen MR) is 69.3 cm³/mol. The van der Waals surface area contributed by atoms with Gasteiger partial charge in [0.2, 0.25) is 0 Å². The largest absolute Gasteiger partial charge is 0.444 e. The maximum Gasteiger partial charge on any atom is 0.410 e. The van der Waals surface area contributed by atoms with Gasteiger partial charge in [0.1, 0.15) is 5.60 Å². The van der Waals surface area contributed by atoms with E-state index in [2.05, 4.69) is 4.90 Å². The van der Waals surface area contributed by atoms with E-state index in [1.54, 1.807) is 4.90 Å². The number of carbonyl (C=O) groups excluding carboxylic acids is 1. The van der Waals surface area contributed by atoms with Crippen LogP contribution in [-0.4, -0.2) is 72.0 Å². The molecule has 0 radical (unpaired) electrons. The van der Waals surface area contributed by atoms with E-state index in [0.717, 1.165) is 13.1 Å². The molecule has 1 amide bonds. The number of hydrogen-bond donors (Lipinski definition) is 2. The Morgan fingerprint density at radius 1 is 1.33 bits per heavy atom. The summed E-state index contributed by atoms with van der Waals surface area (Å²) in [5.74, 6) is 0. The van der Waals surface area contributed by atoms with Crippen molar-refractivity contribution >= 4 is 6.09 Å². The molecule has 6 heteroatoms. The molecule has 0 spiro atoms. The van der Waals surface area contributed by atoms with Crippen LogP contribution in [0.1, 0.15) is 20.8 Å². The van der Waals surface area contributed by atoms with Gasteiger partial charge in [-0.1, -0.05) is 0 Å². The summed E-state index contributed by atoms with van der Waals surface area (Å²) < 4.78 is 5.32.